The van der Waals surface area contributed by atoms with Crippen molar-refractivity contribution in [3.8, 4) is 0 Å². The van der Waals surface area contributed by atoms with Gasteiger partial charge in [-0.25, -0.2) is 0 Å². The molecule has 1 aliphatic heterocycles. The van der Waals surface area contributed by atoms with E-state index in [1.54, 1.807) is 36.1 Å². The smallest absolute Gasteiger partial charge is 0.279 e. The highest BCUT2D eigenvalue weighted by molar-refractivity contribution is 6.03. The third kappa shape index (κ3) is 5.89. The summed E-state index contributed by atoms with van der Waals surface area (Å²) in [5.41, 5.74) is 1.95. The first kappa shape index (κ1) is 20.5. The van der Waals surface area contributed by atoms with Gasteiger partial charge in [-0.2, -0.15) is 0 Å². The van der Waals surface area contributed by atoms with E-state index < -0.39 is 0 Å². The van der Waals surface area contributed by atoms with Crippen LogP contribution in [-0.4, -0.2) is 55.3 Å². The van der Waals surface area contributed by atoms with E-state index in [2.05, 4.69) is 10.6 Å². The van der Waals surface area contributed by atoms with Crippen molar-refractivity contribution in [3.63, 3.8) is 0 Å². The van der Waals surface area contributed by atoms with Crippen LogP contribution in [0.1, 0.15) is 22.8 Å². The van der Waals surface area contributed by atoms with Gasteiger partial charge in [-0.15, -0.1) is 0 Å². The zero-order valence-electron chi connectivity index (χ0n) is 16.6. The zero-order valence-corrected chi connectivity index (χ0v) is 16.6. The van der Waals surface area contributed by atoms with Crippen molar-refractivity contribution in [2.45, 2.75) is 13.5 Å². The van der Waals surface area contributed by atoms with Crippen LogP contribution in [0.3, 0.4) is 0 Å². The van der Waals surface area contributed by atoms with Gasteiger partial charge >= 0.3 is 0 Å². The van der Waals surface area contributed by atoms with Gasteiger partial charge in [0, 0.05) is 13.5 Å². The lowest BCUT2D eigenvalue weighted by molar-refractivity contribution is -0.895. The van der Waals surface area contributed by atoms with Crippen LogP contribution in [-0.2, 0) is 16.1 Å². The molecule has 3 rings (SSSR count). The summed E-state index contributed by atoms with van der Waals surface area (Å²) < 4.78 is 0. The summed E-state index contributed by atoms with van der Waals surface area (Å²) in [4.78, 5) is 39.5. The molecule has 0 radical (unpaired) electrons. The lowest BCUT2D eigenvalue weighted by atomic mass is 10.1. The maximum absolute atomic E-state index is 12.6. The number of carbonyl (C=O) groups is 3. The standard InChI is InChI=1S/C22H26N4O3/c1-17(27)26-13-11-25(12-14-26)16-21(28)24-20-10-6-5-9-19(20)22(29)23-15-18-7-3-2-4-8-18/h2-10H,11-16H2,1H3,(H,23,29)(H,24,28)/p+1. The second-order valence-corrected chi connectivity index (χ2v) is 7.19. The van der Waals surface area contributed by atoms with Gasteiger partial charge in [-0.3, -0.25) is 14.4 Å². The molecule has 3 amide bonds. The Morgan fingerprint density at radius 3 is 2.31 bits per heavy atom. The molecule has 7 nitrogen and oxygen atoms in total. The number of quaternary nitrogens is 1. The summed E-state index contributed by atoms with van der Waals surface area (Å²) in [5.74, 6) is -0.296. The van der Waals surface area contributed by atoms with Crippen molar-refractivity contribution >= 4 is 23.4 Å². The maximum atomic E-state index is 12.6. The Morgan fingerprint density at radius 1 is 0.966 bits per heavy atom. The minimum absolute atomic E-state index is 0.0731. The van der Waals surface area contributed by atoms with Gasteiger partial charge in [-0.1, -0.05) is 42.5 Å². The third-order valence-corrected chi connectivity index (χ3v) is 5.07. The predicted octanol–water partition coefficient (Wildman–Crippen LogP) is 0.302. The molecule has 1 saturated heterocycles. The van der Waals surface area contributed by atoms with Gasteiger partial charge in [0.25, 0.3) is 11.8 Å². The van der Waals surface area contributed by atoms with Gasteiger partial charge in [0.05, 0.1) is 37.4 Å². The first-order valence-corrected chi connectivity index (χ1v) is 9.83. The van der Waals surface area contributed by atoms with Crippen molar-refractivity contribution in [2.24, 2.45) is 0 Å². The molecule has 1 fully saturated rings. The minimum Gasteiger partial charge on any atom is -0.348 e. The predicted molar refractivity (Wildman–Crippen MR) is 111 cm³/mol. The van der Waals surface area contributed by atoms with E-state index in [4.69, 9.17) is 0 Å². The van der Waals surface area contributed by atoms with E-state index in [1.807, 2.05) is 30.3 Å². The topological polar surface area (TPSA) is 83.0 Å². The summed E-state index contributed by atoms with van der Waals surface area (Å²) in [6.07, 6.45) is 0. The lowest BCUT2D eigenvalue weighted by Gasteiger charge is -2.31. The van der Waals surface area contributed by atoms with Crippen LogP contribution in [0.5, 0.6) is 0 Å². The Morgan fingerprint density at radius 2 is 1.62 bits per heavy atom. The number of amides is 3. The van der Waals surface area contributed by atoms with Gasteiger partial charge in [-0.05, 0) is 17.7 Å². The minimum atomic E-state index is -0.229. The first-order chi connectivity index (χ1) is 14.0. The molecule has 0 saturated carbocycles. The normalized spacial score (nSPS) is 14.3. The Kier molecular flexibility index (Phi) is 6.97. The van der Waals surface area contributed by atoms with Gasteiger partial charge in [0.2, 0.25) is 5.91 Å². The highest BCUT2D eigenvalue weighted by Crippen LogP contribution is 2.15. The summed E-state index contributed by atoms with van der Waals surface area (Å²) in [7, 11) is 0. The van der Waals surface area contributed by atoms with Crippen molar-refractivity contribution < 1.29 is 19.3 Å². The van der Waals surface area contributed by atoms with Crippen LogP contribution >= 0.6 is 0 Å². The molecule has 2 aromatic carbocycles. The molecule has 2 aromatic rings. The van der Waals surface area contributed by atoms with E-state index >= 15 is 0 Å². The van der Waals surface area contributed by atoms with Crippen molar-refractivity contribution in [1.82, 2.24) is 10.2 Å². The Balaban J connectivity index is 1.55. The molecule has 3 N–H and O–H groups in total. The number of nitrogens with zero attached hydrogens (tertiary/aromatic N) is 1. The quantitative estimate of drug-likeness (QED) is 0.658. The average Bonchev–Trinajstić information content (AvgIpc) is 2.73. The fourth-order valence-electron chi connectivity index (χ4n) is 3.40. The number of hydrogen-bond acceptors (Lipinski definition) is 3. The number of anilines is 1. The van der Waals surface area contributed by atoms with Gasteiger partial charge < -0.3 is 20.4 Å². The fraction of sp³-hybridized carbons (Fsp3) is 0.318. The maximum Gasteiger partial charge on any atom is 0.279 e. The summed E-state index contributed by atoms with van der Waals surface area (Å²) in [5, 5.41) is 5.76. The van der Waals surface area contributed by atoms with Crippen LogP contribution < -0.4 is 15.5 Å². The largest absolute Gasteiger partial charge is 0.348 e. The fourth-order valence-corrected chi connectivity index (χ4v) is 3.40. The number of piperazine rings is 1. The summed E-state index contributed by atoms with van der Waals surface area (Å²) in [6, 6.07) is 16.7. The van der Waals surface area contributed by atoms with E-state index in [9.17, 15) is 14.4 Å². The molecule has 0 bridgehead atoms. The van der Waals surface area contributed by atoms with E-state index in [-0.39, 0.29) is 17.7 Å². The van der Waals surface area contributed by atoms with Crippen molar-refractivity contribution in [2.75, 3.05) is 38.0 Å². The van der Waals surface area contributed by atoms with Gasteiger partial charge in [0.15, 0.2) is 6.54 Å². The molecule has 29 heavy (non-hydrogen) atoms. The van der Waals surface area contributed by atoms with Crippen LogP contribution in [0, 0.1) is 0 Å². The molecular formula is C22H27N4O3+. The second kappa shape index (κ2) is 9.84. The number of benzene rings is 2. The van der Waals surface area contributed by atoms with Crippen molar-refractivity contribution in [3.05, 3.63) is 65.7 Å². The molecule has 0 spiro atoms. The van der Waals surface area contributed by atoms with E-state index in [1.165, 1.54) is 0 Å². The SMILES string of the molecule is CC(=O)N1CC[NH+](CC(=O)Nc2ccccc2C(=O)NCc2ccccc2)CC1. The number of rotatable bonds is 6. The Hall–Kier alpha value is -3.19. The Bertz CT molecular complexity index is 861. The van der Waals surface area contributed by atoms with Gasteiger partial charge in [0.1, 0.15) is 0 Å². The number of nitrogens with one attached hydrogen (secondary N) is 3. The number of carbonyl (C=O) groups excluding carboxylic acids is 3. The van der Waals surface area contributed by atoms with Crippen LogP contribution in [0.4, 0.5) is 5.69 Å². The van der Waals surface area contributed by atoms with Crippen LogP contribution in [0.25, 0.3) is 0 Å². The molecule has 7 heteroatoms. The van der Waals surface area contributed by atoms with Crippen LogP contribution in [0.2, 0.25) is 0 Å². The molecule has 0 unspecified atom stereocenters. The van der Waals surface area contributed by atoms with E-state index in [0.29, 0.717) is 37.4 Å². The van der Waals surface area contributed by atoms with E-state index in [0.717, 1.165) is 23.6 Å². The average molecular weight is 395 g/mol. The molecule has 1 aliphatic rings. The first-order valence-electron chi connectivity index (χ1n) is 9.83. The third-order valence-electron chi connectivity index (χ3n) is 5.07. The molecule has 0 aromatic heterocycles. The highest BCUT2D eigenvalue weighted by Gasteiger charge is 2.24. The number of para-hydroxylation sites is 1. The molecule has 0 atom stereocenters. The zero-order chi connectivity index (χ0) is 20.6. The molecule has 152 valence electrons. The lowest BCUT2D eigenvalue weighted by Crippen LogP contribution is -3.15. The monoisotopic (exact) mass is 395 g/mol. The Labute approximate surface area is 170 Å². The molecule has 1 heterocycles. The van der Waals surface area contributed by atoms with Crippen LogP contribution in [0.15, 0.2) is 54.6 Å². The van der Waals surface area contributed by atoms with Crippen molar-refractivity contribution in [1.29, 1.82) is 0 Å². The molecular weight excluding hydrogens is 368 g/mol. The highest BCUT2D eigenvalue weighted by atomic mass is 16.2. The summed E-state index contributed by atoms with van der Waals surface area (Å²) >= 11 is 0. The second-order valence-electron chi connectivity index (χ2n) is 7.19. The number of hydrogen-bond donors (Lipinski definition) is 3. The summed E-state index contributed by atoms with van der Waals surface area (Å²) in [6.45, 7) is 5.11. The molecule has 0 aliphatic carbocycles.